The lowest BCUT2D eigenvalue weighted by atomic mass is 10.1. The Morgan fingerprint density at radius 3 is 2.52 bits per heavy atom. The lowest BCUT2D eigenvalue weighted by Crippen LogP contribution is -2.46. The average Bonchev–Trinajstić information content (AvgIpc) is 3.26. The summed E-state index contributed by atoms with van der Waals surface area (Å²) in [6, 6.07) is 11.6. The molecule has 4 rings (SSSR count). The number of nitrogens with zero attached hydrogens (tertiary/aromatic N) is 2. The van der Waals surface area contributed by atoms with E-state index in [2.05, 4.69) is 5.32 Å². The van der Waals surface area contributed by atoms with Crippen molar-refractivity contribution in [3.63, 3.8) is 0 Å². The Morgan fingerprint density at radius 1 is 1.07 bits per heavy atom. The molecule has 8 heteroatoms. The first-order valence-corrected chi connectivity index (χ1v) is 9.81. The molecule has 150 valence electrons. The summed E-state index contributed by atoms with van der Waals surface area (Å²) < 4.78 is 5.48. The van der Waals surface area contributed by atoms with Crippen LogP contribution < -0.4 is 15.0 Å². The maximum absolute atomic E-state index is 12.6. The summed E-state index contributed by atoms with van der Waals surface area (Å²) in [5, 5.41) is 3.36. The number of hydrogen-bond acceptors (Lipinski definition) is 4. The van der Waals surface area contributed by atoms with Gasteiger partial charge in [-0.2, -0.15) is 0 Å². The van der Waals surface area contributed by atoms with Gasteiger partial charge in [0.25, 0.3) is 11.8 Å². The molecular weight excluding hydrogens is 394 g/mol. The van der Waals surface area contributed by atoms with Crippen LogP contribution in [-0.4, -0.2) is 48.9 Å². The van der Waals surface area contributed by atoms with Gasteiger partial charge in [0.1, 0.15) is 12.3 Å². The van der Waals surface area contributed by atoms with Crippen LogP contribution in [0.2, 0.25) is 5.02 Å². The molecule has 2 aliphatic heterocycles. The quantitative estimate of drug-likeness (QED) is 0.835. The van der Waals surface area contributed by atoms with Crippen LogP contribution in [0.3, 0.4) is 0 Å². The number of ether oxygens (including phenoxy) is 1. The second-order valence-corrected chi connectivity index (χ2v) is 7.44. The number of benzene rings is 2. The number of carbonyl (C=O) groups is 3. The third kappa shape index (κ3) is 4.19. The molecule has 0 bridgehead atoms. The summed E-state index contributed by atoms with van der Waals surface area (Å²) in [6.45, 7) is 1.25. The van der Waals surface area contributed by atoms with Crippen molar-refractivity contribution < 1.29 is 19.1 Å². The monoisotopic (exact) mass is 413 g/mol. The molecular formula is C21H20ClN3O4. The molecule has 2 heterocycles. The van der Waals surface area contributed by atoms with Crippen LogP contribution in [0.5, 0.6) is 5.75 Å². The van der Waals surface area contributed by atoms with Crippen molar-refractivity contribution in [2.45, 2.75) is 12.8 Å². The van der Waals surface area contributed by atoms with Gasteiger partial charge in [0.15, 0.2) is 6.61 Å². The van der Waals surface area contributed by atoms with Crippen molar-refractivity contribution in [3.8, 4) is 5.75 Å². The van der Waals surface area contributed by atoms with Crippen LogP contribution >= 0.6 is 11.6 Å². The molecule has 0 unspecified atom stereocenters. The Kier molecular flexibility index (Phi) is 5.40. The summed E-state index contributed by atoms with van der Waals surface area (Å²) in [7, 11) is 0. The van der Waals surface area contributed by atoms with E-state index in [0.717, 1.165) is 12.8 Å². The van der Waals surface area contributed by atoms with Crippen molar-refractivity contribution in [1.29, 1.82) is 0 Å². The van der Waals surface area contributed by atoms with E-state index in [1.165, 1.54) is 4.90 Å². The molecule has 1 fully saturated rings. The van der Waals surface area contributed by atoms with Gasteiger partial charge in [0.2, 0.25) is 5.91 Å². The fraction of sp³-hybridized carbons (Fsp3) is 0.286. The van der Waals surface area contributed by atoms with E-state index in [0.29, 0.717) is 40.8 Å². The van der Waals surface area contributed by atoms with Crippen LogP contribution in [0.1, 0.15) is 23.2 Å². The lowest BCUT2D eigenvalue weighted by Gasteiger charge is -2.30. The maximum Gasteiger partial charge on any atom is 0.265 e. The number of anilines is 2. The van der Waals surface area contributed by atoms with Gasteiger partial charge >= 0.3 is 0 Å². The van der Waals surface area contributed by atoms with Gasteiger partial charge in [-0.15, -0.1) is 0 Å². The lowest BCUT2D eigenvalue weighted by molar-refractivity contribution is -0.131. The summed E-state index contributed by atoms with van der Waals surface area (Å²) in [5.74, 6) is -0.263. The third-order valence-corrected chi connectivity index (χ3v) is 5.27. The summed E-state index contributed by atoms with van der Waals surface area (Å²) >= 11 is 5.87. The Morgan fingerprint density at radius 2 is 1.79 bits per heavy atom. The molecule has 0 spiro atoms. The van der Waals surface area contributed by atoms with Gasteiger partial charge in [-0.3, -0.25) is 19.3 Å². The summed E-state index contributed by atoms with van der Waals surface area (Å²) in [5.41, 5.74) is 1.39. The van der Waals surface area contributed by atoms with E-state index in [4.69, 9.17) is 16.3 Å². The highest BCUT2D eigenvalue weighted by Crippen LogP contribution is 2.33. The summed E-state index contributed by atoms with van der Waals surface area (Å²) in [6.07, 6.45) is 1.96. The van der Waals surface area contributed by atoms with E-state index in [-0.39, 0.29) is 30.9 Å². The van der Waals surface area contributed by atoms with E-state index < -0.39 is 0 Å². The Labute approximate surface area is 173 Å². The van der Waals surface area contributed by atoms with Crippen LogP contribution in [-0.2, 0) is 9.59 Å². The minimum atomic E-state index is -0.334. The highest BCUT2D eigenvalue weighted by molar-refractivity contribution is 6.30. The molecule has 0 aliphatic carbocycles. The minimum Gasteiger partial charge on any atom is -0.482 e. The largest absolute Gasteiger partial charge is 0.482 e. The van der Waals surface area contributed by atoms with E-state index >= 15 is 0 Å². The second kappa shape index (κ2) is 8.13. The first-order chi connectivity index (χ1) is 14.0. The zero-order valence-corrected chi connectivity index (χ0v) is 16.4. The van der Waals surface area contributed by atoms with Crippen LogP contribution in [0.4, 0.5) is 11.4 Å². The first-order valence-electron chi connectivity index (χ1n) is 9.43. The van der Waals surface area contributed by atoms with Gasteiger partial charge < -0.3 is 15.0 Å². The van der Waals surface area contributed by atoms with Crippen LogP contribution in [0.15, 0.2) is 42.5 Å². The molecule has 1 saturated heterocycles. The molecule has 0 aromatic heterocycles. The van der Waals surface area contributed by atoms with Gasteiger partial charge in [-0.05, 0) is 55.3 Å². The zero-order valence-electron chi connectivity index (χ0n) is 15.7. The van der Waals surface area contributed by atoms with E-state index in [9.17, 15) is 14.4 Å². The van der Waals surface area contributed by atoms with Crippen molar-refractivity contribution in [1.82, 2.24) is 4.90 Å². The van der Waals surface area contributed by atoms with Crippen molar-refractivity contribution >= 4 is 40.7 Å². The molecule has 2 aliphatic rings. The smallest absolute Gasteiger partial charge is 0.265 e. The predicted octanol–water partition coefficient (Wildman–Crippen LogP) is 2.94. The minimum absolute atomic E-state index is 0.0581. The molecule has 3 amide bonds. The highest BCUT2D eigenvalue weighted by atomic mass is 35.5. The van der Waals surface area contributed by atoms with Gasteiger partial charge in [0, 0.05) is 29.4 Å². The fourth-order valence-electron chi connectivity index (χ4n) is 3.45. The number of rotatable bonds is 4. The second-order valence-electron chi connectivity index (χ2n) is 7.00. The van der Waals surface area contributed by atoms with Crippen molar-refractivity contribution in [2.75, 3.05) is 36.5 Å². The number of halogens is 1. The Balaban J connectivity index is 1.55. The van der Waals surface area contributed by atoms with Crippen LogP contribution in [0, 0.1) is 0 Å². The summed E-state index contributed by atoms with van der Waals surface area (Å²) in [4.78, 5) is 40.8. The predicted molar refractivity (Wildman–Crippen MR) is 110 cm³/mol. The fourth-order valence-corrected chi connectivity index (χ4v) is 3.58. The maximum atomic E-state index is 12.6. The number of fused-ring (bicyclic) bond motifs is 1. The number of nitrogens with one attached hydrogen (secondary N) is 1. The third-order valence-electron chi connectivity index (χ3n) is 5.02. The van der Waals surface area contributed by atoms with Crippen molar-refractivity contribution in [2.24, 2.45) is 0 Å². The molecule has 2 aromatic rings. The zero-order chi connectivity index (χ0) is 20.4. The molecule has 2 aromatic carbocycles. The standard InChI is InChI=1S/C21H20ClN3O4/c22-15-4-6-16(7-5-15)23-21(28)14-3-8-18-17(11-14)25(20(27)13-29-18)12-19(26)24-9-1-2-10-24/h3-8,11H,1-2,9-10,12-13H2,(H,23,28). The number of likely N-dealkylation sites (tertiary alicyclic amines) is 1. The molecule has 0 radical (unpaired) electrons. The normalized spacial score (nSPS) is 15.7. The average molecular weight is 414 g/mol. The molecule has 1 N–H and O–H groups in total. The van der Waals surface area contributed by atoms with Gasteiger partial charge in [-0.1, -0.05) is 11.6 Å². The van der Waals surface area contributed by atoms with Gasteiger partial charge in [0.05, 0.1) is 5.69 Å². The Bertz CT molecular complexity index is 955. The Hall–Kier alpha value is -3.06. The molecule has 0 atom stereocenters. The molecule has 0 saturated carbocycles. The first kappa shape index (κ1) is 19.3. The number of carbonyl (C=O) groups excluding carboxylic acids is 3. The molecule has 29 heavy (non-hydrogen) atoms. The van der Waals surface area contributed by atoms with Crippen LogP contribution in [0.25, 0.3) is 0 Å². The van der Waals surface area contributed by atoms with E-state index in [1.54, 1.807) is 47.4 Å². The molecule has 7 nitrogen and oxygen atoms in total. The SMILES string of the molecule is O=C(Nc1ccc(Cl)cc1)c1ccc2c(c1)N(CC(=O)N1CCCC1)C(=O)CO2. The van der Waals surface area contributed by atoms with Gasteiger partial charge in [-0.25, -0.2) is 0 Å². The topological polar surface area (TPSA) is 79.0 Å². The van der Waals surface area contributed by atoms with E-state index in [1.807, 2.05) is 0 Å². The number of amides is 3. The van der Waals surface area contributed by atoms with Crippen molar-refractivity contribution in [3.05, 3.63) is 53.1 Å². The highest BCUT2D eigenvalue weighted by Gasteiger charge is 2.30. The number of hydrogen-bond donors (Lipinski definition) is 1.